The van der Waals surface area contributed by atoms with Gasteiger partial charge in [0.25, 0.3) is 0 Å². The van der Waals surface area contributed by atoms with E-state index in [1.54, 1.807) is 6.07 Å². The molecule has 1 heterocycles. The smallest absolute Gasteiger partial charge is 0.219 e. The van der Waals surface area contributed by atoms with Crippen LogP contribution in [0.5, 0.6) is 0 Å². The van der Waals surface area contributed by atoms with Gasteiger partial charge in [-0.15, -0.1) is 0 Å². The third-order valence-electron chi connectivity index (χ3n) is 2.27. The Morgan fingerprint density at radius 3 is 2.81 bits per heavy atom. The summed E-state index contributed by atoms with van der Waals surface area (Å²) in [4.78, 5) is 0. The summed E-state index contributed by atoms with van der Waals surface area (Å²) in [5, 5.41) is 4.02. The second-order valence-electron chi connectivity index (χ2n) is 3.36. The molecule has 0 aliphatic rings. The molecule has 1 aromatic carbocycles. The van der Waals surface area contributed by atoms with E-state index < -0.39 is 0 Å². The van der Waals surface area contributed by atoms with E-state index in [2.05, 4.69) is 21.0 Å². The molecule has 2 aromatic rings. The van der Waals surface area contributed by atoms with Crippen LogP contribution >= 0.6 is 15.9 Å². The first kappa shape index (κ1) is 11.3. The van der Waals surface area contributed by atoms with Gasteiger partial charge >= 0.3 is 0 Å². The predicted octanol–water partition coefficient (Wildman–Crippen LogP) is 2.28. The van der Waals surface area contributed by atoms with Crippen LogP contribution in [0.4, 0.5) is 4.39 Å². The van der Waals surface area contributed by atoms with Crippen molar-refractivity contribution in [3.8, 4) is 5.69 Å². The first-order chi connectivity index (χ1) is 7.74. The first-order valence-corrected chi connectivity index (χ1v) is 5.70. The Hall–Kier alpha value is -1.20. The van der Waals surface area contributed by atoms with Crippen molar-refractivity contribution in [1.82, 2.24) is 9.78 Å². The van der Waals surface area contributed by atoms with E-state index in [1.165, 1.54) is 10.9 Å². The summed E-state index contributed by atoms with van der Waals surface area (Å²) in [6.07, 6.45) is 2.01. The van der Waals surface area contributed by atoms with E-state index >= 15 is 0 Å². The number of nitrogens with zero attached hydrogens (tertiary/aromatic N) is 2. The number of nitrogens with two attached hydrogens (primary N) is 1. The maximum Gasteiger partial charge on any atom is 0.219 e. The van der Waals surface area contributed by atoms with Gasteiger partial charge in [-0.3, -0.25) is 0 Å². The monoisotopic (exact) mass is 283 g/mol. The van der Waals surface area contributed by atoms with E-state index in [1.807, 2.05) is 18.2 Å². The number of hydrogen-bond acceptors (Lipinski definition) is 2. The van der Waals surface area contributed by atoms with Crippen molar-refractivity contribution in [3.63, 3.8) is 0 Å². The maximum absolute atomic E-state index is 13.9. The zero-order chi connectivity index (χ0) is 11.5. The summed E-state index contributed by atoms with van der Waals surface area (Å²) in [5.74, 6) is -0.350. The highest BCUT2D eigenvalue weighted by Crippen LogP contribution is 2.22. The molecule has 0 saturated carbocycles. The van der Waals surface area contributed by atoms with Crippen molar-refractivity contribution in [2.45, 2.75) is 6.42 Å². The van der Waals surface area contributed by atoms with Gasteiger partial charge in [0, 0.05) is 10.0 Å². The van der Waals surface area contributed by atoms with Crippen LogP contribution in [0.15, 0.2) is 34.9 Å². The molecule has 0 aliphatic carbocycles. The van der Waals surface area contributed by atoms with Gasteiger partial charge in [0.05, 0.1) is 11.9 Å². The van der Waals surface area contributed by atoms with Crippen LogP contribution in [-0.2, 0) is 6.42 Å². The molecule has 0 saturated heterocycles. The molecule has 0 aliphatic heterocycles. The van der Waals surface area contributed by atoms with Crippen molar-refractivity contribution in [2.75, 3.05) is 6.54 Å². The standard InChI is InChI=1S/C11H11BrFN3/c12-9-3-1-2-4-10(9)16-11(13)8(5-6-14)7-15-16/h1-4,7H,5-6,14H2. The topological polar surface area (TPSA) is 43.8 Å². The molecule has 3 nitrogen and oxygen atoms in total. The largest absolute Gasteiger partial charge is 0.330 e. The van der Waals surface area contributed by atoms with Crippen LogP contribution < -0.4 is 5.73 Å². The summed E-state index contributed by atoms with van der Waals surface area (Å²) in [6, 6.07) is 7.35. The maximum atomic E-state index is 13.9. The molecule has 84 valence electrons. The Morgan fingerprint density at radius 2 is 2.12 bits per heavy atom. The highest BCUT2D eigenvalue weighted by atomic mass is 79.9. The average Bonchev–Trinajstić information content (AvgIpc) is 2.62. The van der Waals surface area contributed by atoms with Crippen LogP contribution in [0.1, 0.15) is 5.56 Å². The van der Waals surface area contributed by atoms with Crippen molar-refractivity contribution in [2.24, 2.45) is 5.73 Å². The molecule has 16 heavy (non-hydrogen) atoms. The van der Waals surface area contributed by atoms with Crippen LogP contribution in [0.2, 0.25) is 0 Å². The fourth-order valence-electron chi connectivity index (χ4n) is 1.48. The Kier molecular flexibility index (Phi) is 3.36. The predicted molar refractivity (Wildman–Crippen MR) is 64.0 cm³/mol. The van der Waals surface area contributed by atoms with E-state index in [9.17, 15) is 4.39 Å². The van der Waals surface area contributed by atoms with Crippen molar-refractivity contribution < 1.29 is 4.39 Å². The SMILES string of the molecule is NCCc1cnn(-c2ccccc2Br)c1F. The Balaban J connectivity index is 2.45. The van der Waals surface area contributed by atoms with Crippen LogP contribution in [0, 0.1) is 5.95 Å². The lowest BCUT2D eigenvalue weighted by atomic mass is 10.2. The molecule has 0 atom stereocenters. The molecule has 0 bridgehead atoms. The van der Waals surface area contributed by atoms with Crippen molar-refractivity contribution in [3.05, 3.63) is 46.4 Å². The highest BCUT2D eigenvalue weighted by Gasteiger charge is 2.12. The second kappa shape index (κ2) is 4.76. The molecule has 2 N–H and O–H groups in total. The van der Waals surface area contributed by atoms with Crippen LogP contribution in [0.25, 0.3) is 5.69 Å². The van der Waals surface area contributed by atoms with Gasteiger partial charge in [-0.05, 0) is 41.0 Å². The molecule has 0 unspecified atom stereocenters. The molecule has 0 fully saturated rings. The van der Waals surface area contributed by atoms with E-state index in [-0.39, 0.29) is 5.95 Å². The number of rotatable bonds is 3. The lowest BCUT2D eigenvalue weighted by molar-refractivity contribution is 0.525. The fourth-order valence-corrected chi connectivity index (χ4v) is 1.93. The van der Waals surface area contributed by atoms with Gasteiger partial charge in [0.15, 0.2) is 0 Å². The van der Waals surface area contributed by atoms with Crippen molar-refractivity contribution in [1.29, 1.82) is 0 Å². The third-order valence-corrected chi connectivity index (χ3v) is 2.94. The Morgan fingerprint density at radius 1 is 1.38 bits per heavy atom. The molecule has 0 radical (unpaired) electrons. The summed E-state index contributed by atoms with van der Waals surface area (Å²) < 4.78 is 16.0. The molecule has 5 heteroatoms. The highest BCUT2D eigenvalue weighted by molar-refractivity contribution is 9.10. The fraction of sp³-hybridized carbons (Fsp3) is 0.182. The van der Waals surface area contributed by atoms with E-state index in [0.29, 0.717) is 24.2 Å². The normalized spacial score (nSPS) is 10.7. The third kappa shape index (κ3) is 2.01. The van der Waals surface area contributed by atoms with E-state index in [4.69, 9.17) is 5.73 Å². The molecular weight excluding hydrogens is 273 g/mol. The number of benzene rings is 1. The lowest BCUT2D eigenvalue weighted by Crippen LogP contribution is -2.05. The lowest BCUT2D eigenvalue weighted by Gasteiger charge is -2.04. The summed E-state index contributed by atoms with van der Waals surface area (Å²) >= 11 is 3.36. The molecular formula is C11H11BrFN3. The van der Waals surface area contributed by atoms with Gasteiger partial charge in [-0.1, -0.05) is 12.1 Å². The minimum atomic E-state index is -0.350. The quantitative estimate of drug-likeness (QED) is 0.939. The summed E-state index contributed by atoms with van der Waals surface area (Å²) in [7, 11) is 0. The van der Waals surface area contributed by atoms with Gasteiger partial charge in [-0.2, -0.15) is 9.49 Å². The molecule has 0 spiro atoms. The van der Waals surface area contributed by atoms with Crippen LogP contribution in [-0.4, -0.2) is 16.3 Å². The van der Waals surface area contributed by atoms with Gasteiger partial charge in [0.1, 0.15) is 0 Å². The molecule has 2 rings (SSSR count). The Bertz CT molecular complexity index is 496. The zero-order valence-electron chi connectivity index (χ0n) is 8.53. The zero-order valence-corrected chi connectivity index (χ0v) is 10.1. The summed E-state index contributed by atoms with van der Waals surface area (Å²) in [6.45, 7) is 0.415. The Labute approximate surface area is 101 Å². The van der Waals surface area contributed by atoms with E-state index in [0.717, 1.165) is 4.47 Å². The molecule has 1 aromatic heterocycles. The first-order valence-electron chi connectivity index (χ1n) is 4.91. The number of hydrogen-bond donors (Lipinski definition) is 1. The number of aromatic nitrogens is 2. The number of halogens is 2. The van der Waals surface area contributed by atoms with Gasteiger partial charge in [-0.25, -0.2) is 4.68 Å². The molecule has 0 amide bonds. The summed E-state index contributed by atoms with van der Waals surface area (Å²) in [5.41, 5.74) is 6.62. The van der Waals surface area contributed by atoms with Crippen molar-refractivity contribution >= 4 is 15.9 Å². The minimum absolute atomic E-state index is 0.350. The average molecular weight is 284 g/mol. The van der Waals surface area contributed by atoms with Gasteiger partial charge in [0.2, 0.25) is 5.95 Å². The van der Waals surface area contributed by atoms with Crippen LogP contribution in [0.3, 0.4) is 0 Å². The minimum Gasteiger partial charge on any atom is -0.330 e. The second-order valence-corrected chi connectivity index (χ2v) is 4.22. The number of para-hydroxylation sites is 1. The van der Waals surface area contributed by atoms with Gasteiger partial charge < -0.3 is 5.73 Å².